The molecule has 0 unspecified atom stereocenters. The quantitative estimate of drug-likeness (QED) is 0.327. The zero-order chi connectivity index (χ0) is 21.9. The fraction of sp³-hybridized carbons (Fsp3) is 0.227. The Morgan fingerprint density at radius 3 is 2.60 bits per heavy atom. The number of hydrogen-bond donors (Lipinski definition) is 2. The third-order valence-electron chi connectivity index (χ3n) is 3.78. The third kappa shape index (κ3) is 6.75. The number of carboxylic acid groups (broad SMARTS) is 1. The second kappa shape index (κ2) is 11.4. The van der Waals surface area contributed by atoms with E-state index in [0.29, 0.717) is 30.0 Å². The number of ketones is 1. The van der Waals surface area contributed by atoms with E-state index in [0.717, 1.165) is 0 Å². The Hall–Kier alpha value is -3.65. The van der Waals surface area contributed by atoms with Crippen LogP contribution < -0.4 is 15.2 Å². The van der Waals surface area contributed by atoms with Gasteiger partial charge in [-0.1, -0.05) is 24.3 Å². The van der Waals surface area contributed by atoms with Gasteiger partial charge >= 0.3 is 11.9 Å². The highest BCUT2D eigenvalue weighted by atomic mass is 16.5. The molecule has 0 radical (unpaired) electrons. The molecule has 0 aromatic heterocycles. The summed E-state index contributed by atoms with van der Waals surface area (Å²) in [4.78, 5) is 35.4. The Balaban J connectivity index is 2.21. The smallest absolute Gasteiger partial charge is 0.341 e. The standard InChI is InChI=1S/C22H23NO7/c1-2-28-22(27)18-12-15(7-9-20(18)30-14-21(25)26)6-8-19(24)16-4-3-5-17(13-16)29-11-10-23/h3-9,12-13H,2,10-11,14,23H2,1H3,(H,25,26)/b8-6+. The van der Waals surface area contributed by atoms with E-state index >= 15 is 0 Å². The van der Waals surface area contributed by atoms with Gasteiger partial charge in [0, 0.05) is 12.1 Å². The monoisotopic (exact) mass is 413 g/mol. The number of carbonyl (C=O) groups is 3. The van der Waals surface area contributed by atoms with Crippen LogP contribution in [0.15, 0.2) is 48.5 Å². The van der Waals surface area contributed by atoms with Gasteiger partial charge in [-0.3, -0.25) is 4.79 Å². The normalized spacial score (nSPS) is 10.6. The minimum Gasteiger partial charge on any atom is -0.492 e. The van der Waals surface area contributed by atoms with E-state index in [1.807, 2.05) is 0 Å². The molecule has 8 heteroatoms. The highest BCUT2D eigenvalue weighted by Crippen LogP contribution is 2.23. The van der Waals surface area contributed by atoms with Gasteiger partial charge in [-0.05, 0) is 42.8 Å². The molecular formula is C22H23NO7. The molecule has 30 heavy (non-hydrogen) atoms. The van der Waals surface area contributed by atoms with Gasteiger partial charge < -0.3 is 25.1 Å². The zero-order valence-electron chi connectivity index (χ0n) is 16.5. The fourth-order valence-electron chi connectivity index (χ4n) is 2.47. The molecule has 8 nitrogen and oxygen atoms in total. The predicted molar refractivity (Wildman–Crippen MR) is 110 cm³/mol. The molecule has 0 amide bonds. The van der Waals surface area contributed by atoms with Crippen LogP contribution in [-0.2, 0) is 9.53 Å². The van der Waals surface area contributed by atoms with Crippen molar-refractivity contribution in [2.45, 2.75) is 6.92 Å². The molecule has 0 aliphatic carbocycles. The molecule has 2 aromatic rings. The molecule has 0 saturated heterocycles. The van der Waals surface area contributed by atoms with Crippen molar-refractivity contribution in [1.29, 1.82) is 0 Å². The Labute approximate surface area is 173 Å². The number of aliphatic carboxylic acids is 1. The second-order valence-corrected chi connectivity index (χ2v) is 6.02. The van der Waals surface area contributed by atoms with Gasteiger partial charge in [-0.25, -0.2) is 9.59 Å². The summed E-state index contributed by atoms with van der Waals surface area (Å²) in [6.07, 6.45) is 2.91. The first-order valence-corrected chi connectivity index (χ1v) is 9.25. The summed E-state index contributed by atoms with van der Waals surface area (Å²) in [5.74, 6) is -1.44. The summed E-state index contributed by atoms with van der Waals surface area (Å²) in [7, 11) is 0. The minimum absolute atomic E-state index is 0.0740. The number of hydrogen-bond acceptors (Lipinski definition) is 7. The summed E-state index contributed by atoms with van der Waals surface area (Å²) in [6.45, 7) is 1.93. The van der Waals surface area contributed by atoms with Crippen molar-refractivity contribution in [3.05, 3.63) is 65.2 Å². The van der Waals surface area contributed by atoms with Crippen LogP contribution in [0, 0.1) is 0 Å². The molecule has 0 spiro atoms. The topological polar surface area (TPSA) is 125 Å². The average molecular weight is 413 g/mol. The minimum atomic E-state index is -1.17. The number of nitrogens with two attached hydrogens (primary N) is 1. The van der Waals surface area contributed by atoms with Gasteiger partial charge in [0.15, 0.2) is 12.4 Å². The number of carbonyl (C=O) groups excluding carboxylic acids is 2. The van der Waals surface area contributed by atoms with Crippen molar-refractivity contribution in [1.82, 2.24) is 0 Å². The van der Waals surface area contributed by atoms with Crippen molar-refractivity contribution in [3.63, 3.8) is 0 Å². The van der Waals surface area contributed by atoms with E-state index in [2.05, 4.69) is 0 Å². The maximum atomic E-state index is 12.5. The van der Waals surface area contributed by atoms with Crippen molar-refractivity contribution in [3.8, 4) is 11.5 Å². The average Bonchev–Trinajstić information content (AvgIpc) is 2.75. The van der Waals surface area contributed by atoms with E-state index in [1.165, 1.54) is 18.2 Å². The summed E-state index contributed by atoms with van der Waals surface area (Å²) >= 11 is 0. The molecule has 158 valence electrons. The maximum Gasteiger partial charge on any atom is 0.341 e. The number of carboxylic acids is 1. The molecule has 0 saturated carbocycles. The van der Waals surface area contributed by atoms with Crippen LogP contribution in [0.1, 0.15) is 33.2 Å². The highest BCUT2D eigenvalue weighted by Gasteiger charge is 2.15. The molecule has 0 heterocycles. The lowest BCUT2D eigenvalue weighted by Gasteiger charge is -2.10. The molecule has 0 aliphatic heterocycles. The van der Waals surface area contributed by atoms with Crippen LogP contribution in [0.3, 0.4) is 0 Å². The molecule has 2 rings (SSSR count). The summed E-state index contributed by atoms with van der Waals surface area (Å²) in [6, 6.07) is 11.3. The Morgan fingerprint density at radius 1 is 1.10 bits per heavy atom. The van der Waals surface area contributed by atoms with Gasteiger partial charge in [0.2, 0.25) is 0 Å². The lowest BCUT2D eigenvalue weighted by Crippen LogP contribution is -2.13. The van der Waals surface area contributed by atoms with Gasteiger partial charge in [-0.2, -0.15) is 0 Å². The van der Waals surface area contributed by atoms with Crippen LogP contribution in [0.2, 0.25) is 0 Å². The van der Waals surface area contributed by atoms with Gasteiger partial charge in [0.1, 0.15) is 23.7 Å². The molecule has 0 bridgehead atoms. The van der Waals surface area contributed by atoms with E-state index in [4.69, 9.17) is 25.1 Å². The van der Waals surface area contributed by atoms with Gasteiger partial charge in [0.05, 0.1) is 6.61 Å². The molecule has 3 N–H and O–H groups in total. The number of ether oxygens (including phenoxy) is 3. The molecular weight excluding hydrogens is 390 g/mol. The second-order valence-electron chi connectivity index (χ2n) is 6.02. The summed E-state index contributed by atoms with van der Waals surface area (Å²) < 4.78 is 15.6. The predicted octanol–water partition coefficient (Wildman–Crippen LogP) is 2.56. The first-order valence-electron chi connectivity index (χ1n) is 9.25. The molecule has 0 fully saturated rings. The Bertz CT molecular complexity index is 937. The van der Waals surface area contributed by atoms with E-state index in [9.17, 15) is 14.4 Å². The molecule has 0 aliphatic rings. The highest BCUT2D eigenvalue weighted by molar-refractivity contribution is 6.07. The lowest BCUT2D eigenvalue weighted by atomic mass is 10.1. The van der Waals surface area contributed by atoms with Crippen molar-refractivity contribution < 1.29 is 33.7 Å². The third-order valence-corrected chi connectivity index (χ3v) is 3.78. The van der Waals surface area contributed by atoms with Crippen molar-refractivity contribution >= 4 is 23.8 Å². The number of rotatable bonds is 11. The maximum absolute atomic E-state index is 12.5. The fourth-order valence-corrected chi connectivity index (χ4v) is 2.47. The number of benzene rings is 2. The zero-order valence-corrected chi connectivity index (χ0v) is 16.5. The van der Waals surface area contributed by atoms with Crippen molar-refractivity contribution in [2.24, 2.45) is 5.73 Å². The largest absolute Gasteiger partial charge is 0.492 e. The van der Waals surface area contributed by atoms with Gasteiger partial charge in [-0.15, -0.1) is 0 Å². The van der Waals surface area contributed by atoms with E-state index < -0.39 is 18.5 Å². The summed E-state index contributed by atoms with van der Waals surface area (Å²) in [5, 5.41) is 8.78. The van der Waals surface area contributed by atoms with Crippen LogP contribution in [-0.4, -0.2) is 49.2 Å². The Morgan fingerprint density at radius 2 is 1.90 bits per heavy atom. The number of allylic oxidation sites excluding steroid dienone is 1. The first-order chi connectivity index (χ1) is 14.4. The Kier molecular flexibility index (Phi) is 8.58. The van der Waals surface area contributed by atoms with Crippen LogP contribution in [0.25, 0.3) is 6.08 Å². The first kappa shape index (κ1) is 22.6. The van der Waals surface area contributed by atoms with Crippen LogP contribution in [0.4, 0.5) is 0 Å². The molecule has 0 atom stereocenters. The van der Waals surface area contributed by atoms with Crippen LogP contribution in [0.5, 0.6) is 11.5 Å². The van der Waals surface area contributed by atoms with E-state index in [1.54, 1.807) is 43.3 Å². The van der Waals surface area contributed by atoms with Crippen molar-refractivity contribution in [2.75, 3.05) is 26.4 Å². The molecule has 2 aromatic carbocycles. The number of esters is 1. The van der Waals surface area contributed by atoms with Gasteiger partial charge in [0.25, 0.3) is 0 Å². The van der Waals surface area contributed by atoms with Crippen LogP contribution >= 0.6 is 0 Å². The summed E-state index contributed by atoms with van der Waals surface area (Å²) in [5.41, 5.74) is 6.47. The SMILES string of the molecule is CCOC(=O)c1cc(/C=C/C(=O)c2cccc(OCCN)c2)ccc1OCC(=O)O. The van der Waals surface area contributed by atoms with E-state index in [-0.39, 0.29) is 23.7 Å². The lowest BCUT2D eigenvalue weighted by molar-refractivity contribution is -0.139.